The van der Waals surface area contributed by atoms with E-state index in [9.17, 15) is 4.79 Å². The van der Waals surface area contributed by atoms with E-state index < -0.39 is 0 Å². The Balaban J connectivity index is 2.13. The SMILES string of the molecule is O=CNc1cccc2c(Br)n(C3CCCN3)nc12. The monoisotopic (exact) mass is 308 g/mol. The number of halogens is 1. The summed E-state index contributed by atoms with van der Waals surface area (Å²) in [5.74, 6) is 0. The van der Waals surface area contributed by atoms with Gasteiger partial charge in [0, 0.05) is 5.39 Å². The van der Waals surface area contributed by atoms with E-state index in [2.05, 4.69) is 31.7 Å². The number of hydrogen-bond donors (Lipinski definition) is 2. The van der Waals surface area contributed by atoms with Crippen LogP contribution in [0.25, 0.3) is 10.9 Å². The Kier molecular flexibility index (Phi) is 3.05. The number of aromatic nitrogens is 2. The van der Waals surface area contributed by atoms with Crippen molar-refractivity contribution < 1.29 is 4.79 Å². The lowest BCUT2D eigenvalue weighted by Gasteiger charge is -2.11. The third-order valence-electron chi connectivity index (χ3n) is 3.21. The zero-order chi connectivity index (χ0) is 12.5. The molecule has 0 spiro atoms. The second-order valence-electron chi connectivity index (χ2n) is 4.31. The zero-order valence-corrected chi connectivity index (χ0v) is 11.3. The molecule has 2 N–H and O–H groups in total. The normalized spacial score (nSPS) is 19.3. The maximum Gasteiger partial charge on any atom is 0.211 e. The Morgan fingerprint density at radius 2 is 2.44 bits per heavy atom. The summed E-state index contributed by atoms with van der Waals surface area (Å²) in [7, 11) is 0. The van der Waals surface area contributed by atoms with Crippen molar-refractivity contribution in [2.45, 2.75) is 19.0 Å². The smallest absolute Gasteiger partial charge is 0.211 e. The van der Waals surface area contributed by atoms with Gasteiger partial charge in [-0.2, -0.15) is 5.10 Å². The lowest BCUT2D eigenvalue weighted by atomic mass is 10.2. The molecule has 1 amide bonds. The first-order valence-electron chi connectivity index (χ1n) is 5.91. The van der Waals surface area contributed by atoms with Crippen molar-refractivity contribution in [3.8, 4) is 0 Å². The van der Waals surface area contributed by atoms with Crippen LogP contribution in [0.4, 0.5) is 5.69 Å². The molecule has 3 rings (SSSR count). The molecule has 1 aliphatic rings. The first-order valence-corrected chi connectivity index (χ1v) is 6.71. The van der Waals surface area contributed by atoms with Crippen molar-refractivity contribution in [2.75, 3.05) is 11.9 Å². The summed E-state index contributed by atoms with van der Waals surface area (Å²) in [5, 5.41) is 11.7. The van der Waals surface area contributed by atoms with E-state index in [1.54, 1.807) is 0 Å². The molecule has 1 aromatic carbocycles. The molecule has 0 radical (unpaired) electrons. The van der Waals surface area contributed by atoms with Crippen molar-refractivity contribution in [1.29, 1.82) is 0 Å². The van der Waals surface area contributed by atoms with Crippen LogP contribution in [-0.2, 0) is 4.79 Å². The number of nitrogens with one attached hydrogen (secondary N) is 2. The fraction of sp³-hybridized carbons (Fsp3) is 0.333. The van der Waals surface area contributed by atoms with E-state index in [0.717, 1.165) is 40.6 Å². The number of fused-ring (bicyclic) bond motifs is 1. The Bertz CT molecular complexity index is 589. The summed E-state index contributed by atoms with van der Waals surface area (Å²) >= 11 is 3.59. The molecule has 94 valence electrons. The third kappa shape index (κ3) is 1.81. The highest BCUT2D eigenvalue weighted by atomic mass is 79.9. The number of hydrogen-bond acceptors (Lipinski definition) is 3. The van der Waals surface area contributed by atoms with Crippen molar-refractivity contribution in [2.24, 2.45) is 0 Å². The van der Waals surface area contributed by atoms with Gasteiger partial charge in [0.2, 0.25) is 6.41 Å². The number of anilines is 1. The van der Waals surface area contributed by atoms with Crippen molar-refractivity contribution in [1.82, 2.24) is 15.1 Å². The summed E-state index contributed by atoms with van der Waals surface area (Å²) in [5.41, 5.74) is 1.55. The first kappa shape index (κ1) is 11.7. The van der Waals surface area contributed by atoms with Crippen LogP contribution < -0.4 is 10.6 Å². The molecular formula is C12H13BrN4O. The lowest BCUT2D eigenvalue weighted by Crippen LogP contribution is -2.21. The molecule has 0 aliphatic carbocycles. The van der Waals surface area contributed by atoms with Gasteiger partial charge in [-0.3, -0.25) is 10.1 Å². The minimum absolute atomic E-state index is 0.232. The predicted octanol–water partition coefficient (Wildman–Crippen LogP) is 2.25. The van der Waals surface area contributed by atoms with E-state index in [1.807, 2.05) is 22.9 Å². The second kappa shape index (κ2) is 4.70. The summed E-state index contributed by atoms with van der Waals surface area (Å²) < 4.78 is 2.90. The molecule has 6 heteroatoms. The molecular weight excluding hydrogens is 296 g/mol. The van der Waals surface area contributed by atoms with Crippen molar-refractivity contribution >= 4 is 38.9 Å². The van der Waals surface area contributed by atoms with Crippen LogP contribution in [0.15, 0.2) is 22.8 Å². The van der Waals surface area contributed by atoms with Gasteiger partial charge in [0.05, 0.1) is 5.69 Å². The van der Waals surface area contributed by atoms with E-state index in [1.165, 1.54) is 0 Å². The van der Waals surface area contributed by atoms with Crippen LogP contribution in [0.2, 0.25) is 0 Å². The highest BCUT2D eigenvalue weighted by Gasteiger charge is 2.21. The maximum absolute atomic E-state index is 10.6. The van der Waals surface area contributed by atoms with Gasteiger partial charge in [-0.15, -0.1) is 0 Å². The molecule has 2 aromatic rings. The van der Waals surface area contributed by atoms with Crippen molar-refractivity contribution in [3.05, 3.63) is 22.8 Å². The van der Waals surface area contributed by atoms with Gasteiger partial charge in [0.25, 0.3) is 0 Å². The van der Waals surface area contributed by atoms with Gasteiger partial charge in [0.15, 0.2) is 0 Å². The Morgan fingerprint density at radius 3 is 3.17 bits per heavy atom. The zero-order valence-electron chi connectivity index (χ0n) is 9.69. The van der Waals surface area contributed by atoms with Gasteiger partial charge in [-0.05, 0) is 47.4 Å². The van der Waals surface area contributed by atoms with Crippen LogP contribution in [0, 0.1) is 0 Å². The molecule has 18 heavy (non-hydrogen) atoms. The second-order valence-corrected chi connectivity index (χ2v) is 5.06. The summed E-state index contributed by atoms with van der Waals surface area (Å²) in [6.45, 7) is 1.02. The number of benzene rings is 1. The van der Waals surface area contributed by atoms with Crippen LogP contribution in [0.5, 0.6) is 0 Å². The van der Waals surface area contributed by atoms with E-state index in [0.29, 0.717) is 6.41 Å². The van der Waals surface area contributed by atoms with Gasteiger partial charge in [0.1, 0.15) is 16.3 Å². The quantitative estimate of drug-likeness (QED) is 0.855. The lowest BCUT2D eigenvalue weighted by molar-refractivity contribution is -0.105. The first-order chi connectivity index (χ1) is 8.81. The topological polar surface area (TPSA) is 59.0 Å². The molecule has 1 saturated heterocycles. The Labute approximate surface area is 113 Å². The largest absolute Gasteiger partial charge is 0.327 e. The third-order valence-corrected chi connectivity index (χ3v) is 4.00. The minimum Gasteiger partial charge on any atom is -0.327 e. The highest BCUT2D eigenvalue weighted by molar-refractivity contribution is 9.10. The average molecular weight is 309 g/mol. The summed E-state index contributed by atoms with van der Waals surface area (Å²) in [6.07, 6.45) is 3.14. The van der Waals surface area contributed by atoms with E-state index in [4.69, 9.17) is 0 Å². The minimum atomic E-state index is 0.232. The van der Waals surface area contributed by atoms with Gasteiger partial charge < -0.3 is 5.32 Å². The molecule has 1 fully saturated rings. The highest BCUT2D eigenvalue weighted by Crippen LogP contribution is 2.32. The van der Waals surface area contributed by atoms with Gasteiger partial charge in [-0.25, -0.2) is 4.68 Å². The fourth-order valence-electron chi connectivity index (χ4n) is 2.35. The van der Waals surface area contributed by atoms with Gasteiger partial charge >= 0.3 is 0 Å². The Hall–Kier alpha value is -1.40. The number of carbonyl (C=O) groups excluding carboxylic acids is 1. The number of rotatable bonds is 3. The molecule has 1 aliphatic heterocycles. The fourth-order valence-corrected chi connectivity index (χ4v) is 3.00. The van der Waals surface area contributed by atoms with Crippen LogP contribution in [0.3, 0.4) is 0 Å². The molecule has 2 heterocycles. The Morgan fingerprint density at radius 1 is 1.56 bits per heavy atom. The van der Waals surface area contributed by atoms with Gasteiger partial charge in [-0.1, -0.05) is 6.07 Å². The molecule has 5 nitrogen and oxygen atoms in total. The van der Waals surface area contributed by atoms with Crippen LogP contribution >= 0.6 is 15.9 Å². The van der Waals surface area contributed by atoms with E-state index >= 15 is 0 Å². The maximum atomic E-state index is 10.6. The number of nitrogens with zero attached hydrogens (tertiary/aromatic N) is 2. The predicted molar refractivity (Wildman–Crippen MR) is 73.4 cm³/mol. The summed E-state index contributed by atoms with van der Waals surface area (Å²) in [6, 6.07) is 5.75. The standard InChI is InChI=1S/C12H13BrN4O/c13-12-8-3-1-4-9(15-7-18)11(8)16-17(12)10-5-2-6-14-10/h1,3-4,7,10,14H,2,5-6H2,(H,15,18). The molecule has 1 unspecified atom stereocenters. The summed E-state index contributed by atoms with van der Waals surface area (Å²) in [4.78, 5) is 10.6. The molecule has 1 atom stereocenters. The average Bonchev–Trinajstić information content (AvgIpc) is 2.99. The van der Waals surface area contributed by atoms with Crippen LogP contribution in [0.1, 0.15) is 19.0 Å². The van der Waals surface area contributed by atoms with Crippen LogP contribution in [-0.4, -0.2) is 22.7 Å². The number of carbonyl (C=O) groups is 1. The number of amides is 1. The van der Waals surface area contributed by atoms with E-state index in [-0.39, 0.29) is 6.17 Å². The molecule has 0 bridgehead atoms. The van der Waals surface area contributed by atoms with Crippen molar-refractivity contribution in [3.63, 3.8) is 0 Å². The molecule has 0 saturated carbocycles. The molecule has 1 aromatic heterocycles.